The standard InChI is InChI=1S/C32H33N3O4/c1-4-5-6-7-8-22(2)29(20-30(35-39)28-17-18-33-23(3)19-28)26-13-9-24(10-14-26)25-11-15-27(16-12-25)32(38)34-21-31(36)37/h5-19,29,39H,2,4,20-21H2,1,3H3,(H,34,38)(H,36,37)/b6-5-,8-7-,35-30+/t29-/m0/s1. The van der Waals surface area contributed by atoms with Crippen LogP contribution in [0, 0.1) is 6.92 Å². The third kappa shape index (κ3) is 8.36. The molecule has 3 rings (SSSR count). The largest absolute Gasteiger partial charge is 0.480 e. The van der Waals surface area contributed by atoms with Crippen LogP contribution in [0.1, 0.15) is 52.9 Å². The van der Waals surface area contributed by atoms with Crippen molar-refractivity contribution >= 4 is 17.6 Å². The highest BCUT2D eigenvalue weighted by molar-refractivity contribution is 6.01. The van der Waals surface area contributed by atoms with Gasteiger partial charge in [-0.15, -0.1) is 0 Å². The maximum atomic E-state index is 12.1. The van der Waals surface area contributed by atoms with E-state index in [4.69, 9.17) is 5.11 Å². The van der Waals surface area contributed by atoms with Crippen LogP contribution in [0.25, 0.3) is 11.1 Å². The minimum absolute atomic E-state index is 0.134. The number of allylic oxidation sites excluding steroid dienone is 5. The van der Waals surface area contributed by atoms with Crippen LogP contribution in [0.3, 0.4) is 0 Å². The number of aryl methyl sites for hydroxylation is 1. The number of amides is 1. The average Bonchev–Trinajstić information content (AvgIpc) is 2.95. The Kier molecular flexibility index (Phi) is 10.5. The van der Waals surface area contributed by atoms with Crippen molar-refractivity contribution in [1.82, 2.24) is 10.3 Å². The van der Waals surface area contributed by atoms with Gasteiger partial charge in [0.2, 0.25) is 0 Å². The molecule has 0 spiro atoms. The molecule has 1 aromatic heterocycles. The molecule has 0 unspecified atom stereocenters. The molecule has 3 N–H and O–H groups in total. The Bertz CT molecular complexity index is 1390. The Morgan fingerprint density at radius 1 is 1.03 bits per heavy atom. The Balaban J connectivity index is 1.85. The number of carbonyl (C=O) groups is 2. The normalized spacial score (nSPS) is 12.5. The lowest BCUT2D eigenvalue weighted by Crippen LogP contribution is -2.29. The van der Waals surface area contributed by atoms with E-state index in [1.165, 1.54) is 0 Å². The third-order valence-electron chi connectivity index (χ3n) is 6.18. The molecule has 1 amide bonds. The molecule has 0 radical (unpaired) electrons. The summed E-state index contributed by atoms with van der Waals surface area (Å²) in [6, 6.07) is 18.8. The van der Waals surface area contributed by atoms with Crippen LogP contribution in [0.15, 0.2) is 108 Å². The number of oxime groups is 1. The van der Waals surface area contributed by atoms with Gasteiger partial charge in [-0.05, 0) is 59.9 Å². The van der Waals surface area contributed by atoms with Gasteiger partial charge in [0, 0.05) is 35.4 Å². The van der Waals surface area contributed by atoms with E-state index in [0.717, 1.165) is 39.9 Å². The first-order chi connectivity index (χ1) is 18.8. The number of pyridine rings is 1. The Hall–Kier alpha value is -4.78. The van der Waals surface area contributed by atoms with Gasteiger partial charge in [-0.1, -0.05) is 79.4 Å². The summed E-state index contributed by atoms with van der Waals surface area (Å²) >= 11 is 0. The summed E-state index contributed by atoms with van der Waals surface area (Å²) in [6.45, 7) is 7.86. The molecule has 0 fully saturated rings. The van der Waals surface area contributed by atoms with Crippen molar-refractivity contribution in [3.63, 3.8) is 0 Å². The van der Waals surface area contributed by atoms with Crippen molar-refractivity contribution in [2.45, 2.75) is 32.6 Å². The van der Waals surface area contributed by atoms with E-state index in [1.54, 1.807) is 18.3 Å². The molecule has 0 bridgehead atoms. The zero-order valence-corrected chi connectivity index (χ0v) is 22.2. The smallest absolute Gasteiger partial charge is 0.322 e. The number of rotatable bonds is 12. The summed E-state index contributed by atoms with van der Waals surface area (Å²) < 4.78 is 0. The summed E-state index contributed by atoms with van der Waals surface area (Å²) in [6.07, 6.45) is 11.1. The van der Waals surface area contributed by atoms with E-state index in [1.807, 2.05) is 73.7 Å². The molecule has 0 aliphatic rings. The maximum Gasteiger partial charge on any atom is 0.322 e. The summed E-state index contributed by atoms with van der Waals surface area (Å²) in [7, 11) is 0. The number of hydrogen-bond donors (Lipinski definition) is 3. The number of nitrogens with one attached hydrogen (secondary N) is 1. The molecule has 0 aliphatic carbocycles. The van der Waals surface area contributed by atoms with Crippen LogP contribution in [-0.2, 0) is 4.79 Å². The number of nitrogens with zero attached hydrogens (tertiary/aromatic N) is 2. The molecule has 0 saturated carbocycles. The highest BCUT2D eigenvalue weighted by atomic mass is 16.4. The molecule has 7 nitrogen and oxygen atoms in total. The van der Waals surface area contributed by atoms with Gasteiger partial charge in [-0.25, -0.2) is 0 Å². The highest BCUT2D eigenvalue weighted by Crippen LogP contribution is 2.32. The molecular weight excluding hydrogens is 490 g/mol. The molecule has 200 valence electrons. The van der Waals surface area contributed by atoms with Gasteiger partial charge in [0.15, 0.2) is 0 Å². The second-order valence-corrected chi connectivity index (χ2v) is 9.04. The summed E-state index contributed by atoms with van der Waals surface area (Å²) in [5, 5.41) is 24.6. The minimum Gasteiger partial charge on any atom is -0.480 e. The average molecular weight is 524 g/mol. The van der Waals surface area contributed by atoms with Crippen LogP contribution in [0.4, 0.5) is 0 Å². The Morgan fingerprint density at radius 2 is 1.69 bits per heavy atom. The first-order valence-electron chi connectivity index (χ1n) is 12.7. The number of aliphatic carboxylic acids is 1. The van der Waals surface area contributed by atoms with Crippen molar-refractivity contribution in [3.05, 3.63) is 126 Å². The molecule has 1 heterocycles. The Morgan fingerprint density at radius 3 is 2.28 bits per heavy atom. The molecule has 0 aliphatic heterocycles. The number of carboxylic acid groups (broad SMARTS) is 1. The lowest BCUT2D eigenvalue weighted by molar-refractivity contribution is -0.135. The van der Waals surface area contributed by atoms with Crippen molar-refractivity contribution < 1.29 is 19.9 Å². The fourth-order valence-electron chi connectivity index (χ4n) is 4.09. The lowest BCUT2D eigenvalue weighted by atomic mass is 9.85. The van der Waals surface area contributed by atoms with Crippen molar-refractivity contribution in [1.29, 1.82) is 0 Å². The highest BCUT2D eigenvalue weighted by Gasteiger charge is 2.19. The van der Waals surface area contributed by atoms with Gasteiger partial charge in [0.05, 0.1) is 5.71 Å². The molecule has 7 heteroatoms. The maximum absolute atomic E-state index is 12.1. The Labute approximate surface area is 228 Å². The van der Waals surface area contributed by atoms with Gasteiger partial charge >= 0.3 is 5.97 Å². The van der Waals surface area contributed by atoms with Gasteiger partial charge in [0.1, 0.15) is 6.54 Å². The first kappa shape index (κ1) is 28.8. The fourth-order valence-corrected chi connectivity index (χ4v) is 4.09. The van der Waals surface area contributed by atoms with Crippen LogP contribution >= 0.6 is 0 Å². The van der Waals surface area contributed by atoms with E-state index in [2.05, 4.69) is 35.0 Å². The minimum atomic E-state index is -1.10. The van der Waals surface area contributed by atoms with E-state index in [0.29, 0.717) is 17.7 Å². The molecule has 39 heavy (non-hydrogen) atoms. The zero-order valence-electron chi connectivity index (χ0n) is 22.2. The topological polar surface area (TPSA) is 112 Å². The van der Waals surface area contributed by atoms with E-state index in [-0.39, 0.29) is 5.92 Å². The van der Waals surface area contributed by atoms with Crippen LogP contribution in [-0.4, -0.2) is 39.4 Å². The van der Waals surface area contributed by atoms with E-state index < -0.39 is 18.4 Å². The first-order valence-corrected chi connectivity index (χ1v) is 12.7. The molecule has 2 aromatic carbocycles. The molecular formula is C32H33N3O4. The second kappa shape index (κ2) is 14.2. The quantitative estimate of drug-likeness (QED) is 0.112. The summed E-state index contributed by atoms with van der Waals surface area (Å²) in [4.78, 5) is 27.0. The SMILES string of the molecule is C=C(/C=C\C=C/CC)[C@H](C/C(=N\O)c1ccnc(C)c1)c1ccc(-c2ccc(C(=O)NCC(=O)O)cc2)cc1. The van der Waals surface area contributed by atoms with Gasteiger partial charge in [-0.3, -0.25) is 14.6 Å². The number of carboxylic acids is 1. The van der Waals surface area contributed by atoms with Crippen LogP contribution in [0.5, 0.6) is 0 Å². The van der Waals surface area contributed by atoms with Crippen LogP contribution < -0.4 is 5.32 Å². The van der Waals surface area contributed by atoms with Crippen molar-refractivity contribution in [3.8, 4) is 11.1 Å². The van der Waals surface area contributed by atoms with Gasteiger partial charge in [0.25, 0.3) is 5.91 Å². The number of hydrogen-bond acceptors (Lipinski definition) is 5. The van der Waals surface area contributed by atoms with Crippen LogP contribution in [0.2, 0.25) is 0 Å². The molecule has 1 atom stereocenters. The molecule has 3 aromatic rings. The monoisotopic (exact) mass is 523 g/mol. The van der Waals surface area contributed by atoms with Gasteiger partial charge < -0.3 is 15.6 Å². The summed E-state index contributed by atoms with van der Waals surface area (Å²) in [5.74, 6) is -1.67. The number of benzene rings is 2. The predicted molar refractivity (Wildman–Crippen MR) is 154 cm³/mol. The zero-order chi connectivity index (χ0) is 28.2. The molecule has 0 saturated heterocycles. The fraction of sp³-hybridized carbons (Fsp3) is 0.188. The van der Waals surface area contributed by atoms with E-state index >= 15 is 0 Å². The summed E-state index contributed by atoms with van der Waals surface area (Å²) in [5.41, 5.74) is 6.36. The van der Waals surface area contributed by atoms with Gasteiger partial charge in [-0.2, -0.15) is 0 Å². The number of aromatic nitrogens is 1. The van der Waals surface area contributed by atoms with Crippen molar-refractivity contribution in [2.75, 3.05) is 6.54 Å². The predicted octanol–water partition coefficient (Wildman–Crippen LogP) is 6.30. The number of carbonyl (C=O) groups excluding carboxylic acids is 1. The third-order valence-corrected chi connectivity index (χ3v) is 6.18. The van der Waals surface area contributed by atoms with E-state index in [9.17, 15) is 14.8 Å². The lowest BCUT2D eigenvalue weighted by Gasteiger charge is -2.20. The van der Waals surface area contributed by atoms with Crippen molar-refractivity contribution in [2.24, 2.45) is 5.16 Å². The second-order valence-electron chi connectivity index (χ2n) is 9.04.